The van der Waals surface area contributed by atoms with E-state index in [1.165, 1.54) is 11.1 Å². The molecule has 0 saturated heterocycles. The summed E-state index contributed by atoms with van der Waals surface area (Å²) in [5.41, 5.74) is 4.11. The Kier molecular flexibility index (Phi) is 3.17. The number of methoxy groups -OCH3 is 1. The predicted octanol–water partition coefficient (Wildman–Crippen LogP) is 4.43. The maximum Gasteiger partial charge on any atom is 0.141 e. The second-order valence-corrected chi connectivity index (χ2v) is 6.14. The summed E-state index contributed by atoms with van der Waals surface area (Å²) >= 11 is 0. The number of hydrogen-bond acceptors (Lipinski definition) is 2. The first-order chi connectivity index (χ1) is 9.62. The lowest BCUT2D eigenvalue weighted by Crippen LogP contribution is -2.24. The molecule has 0 saturated carbocycles. The molecule has 1 aliphatic rings. The molecule has 0 aliphatic heterocycles. The molecule has 0 aromatic heterocycles. The smallest absolute Gasteiger partial charge is 0.141 e. The second kappa shape index (κ2) is 4.86. The van der Waals surface area contributed by atoms with Crippen LogP contribution in [-0.2, 0) is 6.42 Å². The highest BCUT2D eigenvalue weighted by atomic mass is 16.5. The van der Waals surface area contributed by atoms with E-state index in [1.807, 2.05) is 18.2 Å². The van der Waals surface area contributed by atoms with Crippen molar-refractivity contribution in [3.63, 3.8) is 0 Å². The lowest BCUT2D eigenvalue weighted by molar-refractivity contribution is 0.335. The van der Waals surface area contributed by atoms with Crippen molar-refractivity contribution in [2.24, 2.45) is 5.41 Å². The van der Waals surface area contributed by atoms with Crippen LogP contribution in [-0.4, -0.2) is 7.11 Å². The fraction of sp³-hybridized carbons (Fsp3) is 0.333. The fourth-order valence-electron chi connectivity index (χ4n) is 3.18. The molecular formula is C18H21NO. The monoisotopic (exact) mass is 267 g/mol. The van der Waals surface area contributed by atoms with E-state index in [2.05, 4.69) is 49.5 Å². The molecule has 0 amide bonds. The number of rotatable bonds is 3. The number of hydrogen-bond donors (Lipinski definition) is 1. The van der Waals surface area contributed by atoms with Crippen molar-refractivity contribution in [3.8, 4) is 5.75 Å². The Hall–Kier alpha value is -1.96. The molecule has 1 N–H and O–H groups in total. The Labute approximate surface area is 120 Å². The molecule has 3 rings (SSSR count). The first-order valence-corrected chi connectivity index (χ1v) is 7.09. The van der Waals surface area contributed by atoms with Gasteiger partial charge in [0.25, 0.3) is 0 Å². The average molecular weight is 267 g/mol. The van der Waals surface area contributed by atoms with Gasteiger partial charge in [-0.15, -0.1) is 0 Å². The first-order valence-electron chi connectivity index (χ1n) is 7.09. The molecule has 1 atom stereocenters. The molecule has 104 valence electrons. The van der Waals surface area contributed by atoms with E-state index in [-0.39, 0.29) is 5.41 Å². The quantitative estimate of drug-likeness (QED) is 0.888. The van der Waals surface area contributed by atoms with Gasteiger partial charge in [-0.05, 0) is 35.1 Å². The summed E-state index contributed by atoms with van der Waals surface area (Å²) in [4.78, 5) is 0. The second-order valence-electron chi connectivity index (χ2n) is 6.14. The van der Waals surface area contributed by atoms with Gasteiger partial charge in [0.15, 0.2) is 0 Å². The predicted molar refractivity (Wildman–Crippen MR) is 83.3 cm³/mol. The van der Waals surface area contributed by atoms with Crippen LogP contribution >= 0.6 is 0 Å². The van der Waals surface area contributed by atoms with Crippen LogP contribution in [0.4, 0.5) is 5.69 Å². The molecule has 2 aromatic rings. The van der Waals surface area contributed by atoms with E-state index in [4.69, 9.17) is 4.74 Å². The highest BCUT2D eigenvalue weighted by Crippen LogP contribution is 2.47. The van der Waals surface area contributed by atoms with Crippen LogP contribution in [0.25, 0.3) is 0 Å². The third kappa shape index (κ3) is 2.15. The summed E-state index contributed by atoms with van der Waals surface area (Å²) in [6.07, 6.45) is 1.11. The summed E-state index contributed by atoms with van der Waals surface area (Å²) in [7, 11) is 1.72. The maximum absolute atomic E-state index is 5.45. The number of para-hydroxylation sites is 2. The normalized spacial score (nSPS) is 19.4. The minimum atomic E-state index is 0.199. The van der Waals surface area contributed by atoms with Gasteiger partial charge in [0.1, 0.15) is 5.75 Å². The molecule has 0 spiro atoms. The zero-order chi connectivity index (χ0) is 14.2. The first kappa shape index (κ1) is 13.0. The number of anilines is 1. The van der Waals surface area contributed by atoms with Crippen LogP contribution in [0.15, 0.2) is 48.5 Å². The van der Waals surface area contributed by atoms with E-state index >= 15 is 0 Å². The Balaban J connectivity index is 1.97. The molecule has 20 heavy (non-hydrogen) atoms. The molecule has 2 heteroatoms. The molecule has 2 nitrogen and oxygen atoms in total. The van der Waals surface area contributed by atoms with E-state index in [9.17, 15) is 0 Å². The highest BCUT2D eigenvalue weighted by molar-refractivity contribution is 5.59. The number of benzene rings is 2. The van der Waals surface area contributed by atoms with Gasteiger partial charge >= 0.3 is 0 Å². The molecule has 0 bridgehead atoms. The number of ether oxygens (including phenoxy) is 1. The summed E-state index contributed by atoms with van der Waals surface area (Å²) in [6.45, 7) is 4.64. The average Bonchev–Trinajstić information content (AvgIpc) is 2.70. The van der Waals surface area contributed by atoms with Gasteiger partial charge in [0.05, 0.1) is 18.8 Å². The van der Waals surface area contributed by atoms with Crippen LogP contribution in [0.1, 0.15) is 31.0 Å². The SMILES string of the molecule is COc1ccccc1NC1c2ccccc2CC1(C)C. The van der Waals surface area contributed by atoms with Crippen LogP contribution in [0.3, 0.4) is 0 Å². The maximum atomic E-state index is 5.45. The number of fused-ring (bicyclic) bond motifs is 1. The van der Waals surface area contributed by atoms with Crippen molar-refractivity contribution in [1.82, 2.24) is 0 Å². The van der Waals surface area contributed by atoms with Crippen molar-refractivity contribution in [1.29, 1.82) is 0 Å². The van der Waals surface area contributed by atoms with Gasteiger partial charge < -0.3 is 10.1 Å². The Morgan fingerprint density at radius 1 is 1.05 bits per heavy atom. The minimum absolute atomic E-state index is 0.199. The highest BCUT2D eigenvalue weighted by Gasteiger charge is 2.38. The Morgan fingerprint density at radius 2 is 1.75 bits per heavy atom. The lowest BCUT2D eigenvalue weighted by Gasteiger charge is -2.30. The van der Waals surface area contributed by atoms with Gasteiger partial charge in [-0.25, -0.2) is 0 Å². The minimum Gasteiger partial charge on any atom is -0.495 e. The van der Waals surface area contributed by atoms with Crippen LogP contribution in [0.2, 0.25) is 0 Å². The van der Waals surface area contributed by atoms with Gasteiger partial charge in [-0.3, -0.25) is 0 Å². The summed E-state index contributed by atoms with van der Waals surface area (Å²) < 4.78 is 5.45. The zero-order valence-corrected chi connectivity index (χ0v) is 12.3. The van der Waals surface area contributed by atoms with Crippen molar-refractivity contribution in [3.05, 3.63) is 59.7 Å². The van der Waals surface area contributed by atoms with E-state index in [0.717, 1.165) is 17.9 Å². The summed E-state index contributed by atoms with van der Waals surface area (Å²) in [6, 6.07) is 17.1. The molecule has 1 unspecified atom stereocenters. The Bertz CT molecular complexity index is 618. The van der Waals surface area contributed by atoms with Gasteiger partial charge in [-0.1, -0.05) is 50.2 Å². The van der Waals surface area contributed by atoms with Crippen molar-refractivity contribution >= 4 is 5.69 Å². The van der Waals surface area contributed by atoms with E-state index in [0.29, 0.717) is 6.04 Å². The Morgan fingerprint density at radius 3 is 2.55 bits per heavy atom. The largest absolute Gasteiger partial charge is 0.495 e. The molecular weight excluding hydrogens is 246 g/mol. The van der Waals surface area contributed by atoms with Gasteiger partial charge in [0.2, 0.25) is 0 Å². The summed E-state index contributed by atoms with van der Waals surface area (Å²) in [5, 5.41) is 3.68. The van der Waals surface area contributed by atoms with Crippen molar-refractivity contribution in [2.75, 3.05) is 12.4 Å². The fourth-order valence-corrected chi connectivity index (χ4v) is 3.18. The van der Waals surface area contributed by atoms with Crippen molar-refractivity contribution in [2.45, 2.75) is 26.3 Å². The van der Waals surface area contributed by atoms with Crippen molar-refractivity contribution < 1.29 is 4.74 Å². The van der Waals surface area contributed by atoms with Gasteiger partial charge in [-0.2, -0.15) is 0 Å². The molecule has 0 fully saturated rings. The zero-order valence-electron chi connectivity index (χ0n) is 12.3. The van der Waals surface area contributed by atoms with Gasteiger partial charge in [0, 0.05) is 0 Å². The van der Waals surface area contributed by atoms with E-state index < -0.39 is 0 Å². The molecule has 0 heterocycles. The third-order valence-corrected chi connectivity index (χ3v) is 4.20. The standard InChI is InChI=1S/C18H21NO/c1-18(2)12-13-8-4-5-9-14(13)17(18)19-15-10-6-7-11-16(15)20-3/h4-11,17,19H,12H2,1-3H3. The van der Waals surface area contributed by atoms with Crippen LogP contribution < -0.4 is 10.1 Å². The summed E-state index contributed by atoms with van der Waals surface area (Å²) in [5.74, 6) is 0.896. The molecule has 1 aliphatic carbocycles. The molecule has 0 radical (unpaired) electrons. The van der Waals surface area contributed by atoms with E-state index in [1.54, 1.807) is 7.11 Å². The topological polar surface area (TPSA) is 21.3 Å². The van der Waals surface area contributed by atoms with Crippen LogP contribution in [0.5, 0.6) is 5.75 Å². The third-order valence-electron chi connectivity index (χ3n) is 4.20. The molecule has 2 aromatic carbocycles. The van der Waals surface area contributed by atoms with Crippen LogP contribution in [0, 0.1) is 5.41 Å². The number of nitrogens with one attached hydrogen (secondary N) is 1. The lowest BCUT2D eigenvalue weighted by atomic mass is 9.85.